The number of hydrogen-bond donors (Lipinski definition) is 2. The minimum atomic E-state index is -3.36. The number of hydrogen-bond acceptors (Lipinski definition) is 3. The van der Waals surface area contributed by atoms with Crippen LogP contribution in [0.4, 0.5) is 0 Å². The lowest BCUT2D eigenvalue weighted by Crippen LogP contribution is -2.26. The van der Waals surface area contributed by atoms with Crippen LogP contribution < -0.4 is 10.0 Å². The number of benzene rings is 1. The predicted octanol–water partition coefficient (Wildman–Crippen LogP) is 2.54. The molecule has 0 radical (unpaired) electrons. The van der Waals surface area contributed by atoms with E-state index in [2.05, 4.69) is 10.0 Å². The van der Waals surface area contributed by atoms with Gasteiger partial charge in [-0.3, -0.25) is 0 Å². The van der Waals surface area contributed by atoms with Crippen LogP contribution in [0.5, 0.6) is 0 Å². The second-order valence-electron chi connectivity index (χ2n) is 6.22. The third-order valence-corrected chi connectivity index (χ3v) is 6.15. The fraction of sp³-hybridized carbons (Fsp3) is 0.625. The van der Waals surface area contributed by atoms with Gasteiger partial charge in [-0.1, -0.05) is 38.2 Å². The molecule has 1 saturated carbocycles. The normalized spacial score (nSPS) is 19.6. The summed E-state index contributed by atoms with van der Waals surface area (Å²) in [6, 6.07) is 5.44. The molecule has 0 amide bonds. The Balaban J connectivity index is 1.58. The topological polar surface area (TPSA) is 58.2 Å². The first-order valence-electron chi connectivity index (χ1n) is 7.97. The first-order valence-corrected chi connectivity index (χ1v) is 9.46. The van der Waals surface area contributed by atoms with Gasteiger partial charge in [0.15, 0.2) is 0 Å². The average molecular weight is 308 g/mol. The summed E-state index contributed by atoms with van der Waals surface area (Å²) in [6.45, 7) is 2.16. The van der Waals surface area contributed by atoms with Gasteiger partial charge in [0.05, 0.1) is 4.90 Å². The van der Waals surface area contributed by atoms with Crippen LogP contribution in [0.3, 0.4) is 0 Å². The Kier molecular flexibility index (Phi) is 4.62. The van der Waals surface area contributed by atoms with E-state index < -0.39 is 10.0 Å². The molecule has 21 heavy (non-hydrogen) atoms. The van der Waals surface area contributed by atoms with Crippen molar-refractivity contribution in [1.29, 1.82) is 0 Å². The molecule has 116 valence electrons. The van der Waals surface area contributed by atoms with Crippen LogP contribution in [0.2, 0.25) is 0 Å². The van der Waals surface area contributed by atoms with Crippen molar-refractivity contribution in [3.05, 3.63) is 29.3 Å². The molecule has 1 aliphatic heterocycles. The number of fused-ring (bicyclic) bond motifs is 1. The third-order valence-electron chi connectivity index (χ3n) is 4.69. The lowest BCUT2D eigenvalue weighted by Gasteiger charge is -2.21. The maximum Gasteiger partial charge on any atom is 0.240 e. The summed E-state index contributed by atoms with van der Waals surface area (Å²) < 4.78 is 27.4. The van der Waals surface area contributed by atoms with E-state index in [0.29, 0.717) is 17.4 Å². The van der Waals surface area contributed by atoms with Gasteiger partial charge < -0.3 is 5.32 Å². The molecular formula is C16H24N2O2S. The molecule has 0 atom stereocenters. The molecule has 0 unspecified atom stereocenters. The first-order chi connectivity index (χ1) is 10.1. The molecule has 1 aromatic rings. The monoisotopic (exact) mass is 308 g/mol. The highest BCUT2D eigenvalue weighted by Gasteiger charge is 2.19. The van der Waals surface area contributed by atoms with Crippen LogP contribution >= 0.6 is 0 Å². The van der Waals surface area contributed by atoms with Crippen molar-refractivity contribution in [3.8, 4) is 0 Å². The second kappa shape index (κ2) is 6.46. The summed E-state index contributed by atoms with van der Waals surface area (Å²) >= 11 is 0. The summed E-state index contributed by atoms with van der Waals surface area (Å²) in [5.41, 5.74) is 2.31. The quantitative estimate of drug-likeness (QED) is 0.879. The van der Waals surface area contributed by atoms with Crippen LogP contribution in [0.25, 0.3) is 0 Å². The van der Waals surface area contributed by atoms with Crippen molar-refractivity contribution >= 4 is 10.0 Å². The van der Waals surface area contributed by atoms with E-state index in [1.54, 1.807) is 12.1 Å². The van der Waals surface area contributed by atoms with Crippen molar-refractivity contribution < 1.29 is 8.42 Å². The Morgan fingerprint density at radius 2 is 1.86 bits per heavy atom. The number of sulfonamides is 1. The van der Waals surface area contributed by atoms with Crippen molar-refractivity contribution in [3.63, 3.8) is 0 Å². The van der Waals surface area contributed by atoms with Crippen molar-refractivity contribution in [2.45, 2.75) is 56.5 Å². The molecule has 1 aliphatic carbocycles. The fourth-order valence-electron chi connectivity index (χ4n) is 3.39. The number of nitrogens with one attached hydrogen (secondary N) is 2. The highest BCUT2D eigenvalue weighted by molar-refractivity contribution is 7.89. The molecule has 5 heteroatoms. The van der Waals surface area contributed by atoms with Crippen molar-refractivity contribution in [2.75, 3.05) is 6.54 Å². The van der Waals surface area contributed by atoms with Gasteiger partial charge >= 0.3 is 0 Å². The molecule has 0 aromatic heterocycles. The average Bonchev–Trinajstić information content (AvgIpc) is 2.95. The Morgan fingerprint density at radius 3 is 2.67 bits per heavy atom. The summed E-state index contributed by atoms with van der Waals surface area (Å²) in [4.78, 5) is 0.397. The molecule has 0 saturated heterocycles. The zero-order chi connectivity index (χ0) is 14.7. The zero-order valence-electron chi connectivity index (χ0n) is 12.4. The van der Waals surface area contributed by atoms with Crippen LogP contribution in [0.1, 0.15) is 49.7 Å². The van der Waals surface area contributed by atoms with E-state index in [-0.39, 0.29) is 0 Å². The van der Waals surface area contributed by atoms with E-state index in [0.717, 1.165) is 25.1 Å². The number of rotatable bonds is 5. The van der Waals surface area contributed by atoms with E-state index in [1.165, 1.54) is 37.7 Å². The molecule has 1 heterocycles. The lowest BCUT2D eigenvalue weighted by molar-refractivity contribution is 0.339. The van der Waals surface area contributed by atoms with E-state index in [4.69, 9.17) is 0 Å². The smallest absolute Gasteiger partial charge is 0.240 e. The summed E-state index contributed by atoms with van der Waals surface area (Å²) in [5, 5.41) is 3.24. The highest BCUT2D eigenvalue weighted by atomic mass is 32.2. The van der Waals surface area contributed by atoms with Crippen molar-refractivity contribution in [2.24, 2.45) is 5.92 Å². The van der Waals surface area contributed by atoms with E-state index >= 15 is 0 Å². The SMILES string of the molecule is O=S(=O)(NCCC1CCCCC1)c1ccc2c(c1)CNC2. The maximum atomic E-state index is 12.3. The van der Waals surface area contributed by atoms with Gasteiger partial charge in [-0.2, -0.15) is 0 Å². The van der Waals surface area contributed by atoms with Crippen LogP contribution in [-0.4, -0.2) is 15.0 Å². The van der Waals surface area contributed by atoms with Crippen LogP contribution in [0, 0.1) is 5.92 Å². The molecular weight excluding hydrogens is 284 g/mol. The Hall–Kier alpha value is -0.910. The van der Waals surface area contributed by atoms with Gasteiger partial charge in [0.25, 0.3) is 0 Å². The third kappa shape index (κ3) is 3.65. The van der Waals surface area contributed by atoms with Gasteiger partial charge in [0.1, 0.15) is 0 Å². The standard InChI is InChI=1S/C16H24N2O2S/c19-21(20,18-9-8-13-4-2-1-3-5-13)16-7-6-14-11-17-12-15(14)10-16/h6-7,10,13,17-18H,1-5,8-9,11-12H2. The maximum absolute atomic E-state index is 12.3. The van der Waals surface area contributed by atoms with Gasteiger partial charge in [0.2, 0.25) is 10.0 Å². The Labute approximate surface area is 127 Å². The first kappa shape index (κ1) is 15.0. The van der Waals surface area contributed by atoms with E-state index in [1.807, 2.05) is 6.07 Å². The van der Waals surface area contributed by atoms with Crippen molar-refractivity contribution in [1.82, 2.24) is 10.0 Å². The molecule has 4 nitrogen and oxygen atoms in total. The summed E-state index contributed by atoms with van der Waals surface area (Å²) in [6.07, 6.45) is 7.42. The van der Waals surface area contributed by atoms with Gasteiger partial charge in [0, 0.05) is 19.6 Å². The molecule has 0 bridgehead atoms. The van der Waals surface area contributed by atoms with Crippen LogP contribution in [-0.2, 0) is 23.1 Å². The molecule has 1 fully saturated rings. The zero-order valence-corrected chi connectivity index (χ0v) is 13.2. The van der Waals surface area contributed by atoms with Crippen LogP contribution in [0.15, 0.2) is 23.1 Å². The second-order valence-corrected chi connectivity index (χ2v) is 7.99. The molecule has 0 spiro atoms. The van der Waals surface area contributed by atoms with E-state index in [9.17, 15) is 8.42 Å². The minimum Gasteiger partial charge on any atom is -0.309 e. The lowest BCUT2D eigenvalue weighted by atomic mass is 9.87. The largest absolute Gasteiger partial charge is 0.309 e. The molecule has 1 aromatic carbocycles. The fourth-order valence-corrected chi connectivity index (χ4v) is 4.49. The highest BCUT2D eigenvalue weighted by Crippen LogP contribution is 2.26. The minimum absolute atomic E-state index is 0.397. The Morgan fingerprint density at radius 1 is 1.10 bits per heavy atom. The molecule has 2 N–H and O–H groups in total. The Bertz CT molecular complexity index is 592. The summed E-state index contributed by atoms with van der Waals surface area (Å²) in [7, 11) is -3.36. The molecule has 3 rings (SSSR count). The molecule has 2 aliphatic rings. The summed E-state index contributed by atoms with van der Waals surface area (Å²) in [5.74, 6) is 0.700. The van der Waals surface area contributed by atoms with Gasteiger partial charge in [-0.25, -0.2) is 13.1 Å². The predicted molar refractivity (Wildman–Crippen MR) is 83.4 cm³/mol. The van der Waals surface area contributed by atoms with Gasteiger partial charge in [-0.15, -0.1) is 0 Å². The van der Waals surface area contributed by atoms with Gasteiger partial charge in [-0.05, 0) is 35.6 Å².